The molecule has 126 valence electrons. The summed E-state index contributed by atoms with van der Waals surface area (Å²) in [6, 6.07) is 16.7. The van der Waals surface area contributed by atoms with Gasteiger partial charge in [-0.3, -0.25) is 0 Å². The molecule has 0 fully saturated rings. The van der Waals surface area contributed by atoms with Crippen molar-refractivity contribution < 1.29 is 9.47 Å². The number of hydrogen-bond donors (Lipinski definition) is 0. The molecule has 0 unspecified atom stereocenters. The second kappa shape index (κ2) is 8.54. The van der Waals surface area contributed by atoms with Gasteiger partial charge in [-0.1, -0.05) is 48.5 Å². The standard InChI is InChI=1S/C20H22O2S2/c1-23-13-11-21-19-15-7-3-5-9-17(15)20(22-12-14-24-2)18-10-6-4-8-16(18)19/h3-10H,11-14H2,1-2H3. The van der Waals surface area contributed by atoms with E-state index in [1.807, 2.05) is 0 Å². The average molecular weight is 359 g/mol. The maximum atomic E-state index is 6.17. The lowest BCUT2D eigenvalue weighted by molar-refractivity contribution is 0.346. The van der Waals surface area contributed by atoms with Crippen LogP contribution < -0.4 is 9.47 Å². The maximum Gasteiger partial charge on any atom is 0.135 e. The molecule has 0 saturated carbocycles. The van der Waals surface area contributed by atoms with Crippen LogP contribution in [0, 0.1) is 0 Å². The fourth-order valence-corrected chi connectivity index (χ4v) is 3.31. The van der Waals surface area contributed by atoms with Crippen LogP contribution in [0.5, 0.6) is 11.5 Å². The molecule has 0 aliphatic rings. The average Bonchev–Trinajstić information content (AvgIpc) is 2.63. The number of benzene rings is 3. The molecule has 2 nitrogen and oxygen atoms in total. The first kappa shape index (κ1) is 17.3. The molecule has 0 saturated heterocycles. The first-order valence-electron chi connectivity index (χ1n) is 8.03. The number of ether oxygens (including phenoxy) is 2. The van der Waals surface area contributed by atoms with Gasteiger partial charge in [0.2, 0.25) is 0 Å². The van der Waals surface area contributed by atoms with E-state index in [-0.39, 0.29) is 0 Å². The van der Waals surface area contributed by atoms with E-state index in [1.54, 1.807) is 23.5 Å². The highest BCUT2D eigenvalue weighted by Gasteiger charge is 2.15. The van der Waals surface area contributed by atoms with Crippen LogP contribution in [0.25, 0.3) is 21.5 Å². The van der Waals surface area contributed by atoms with E-state index in [0.29, 0.717) is 13.2 Å². The Labute approximate surface area is 151 Å². The van der Waals surface area contributed by atoms with Gasteiger partial charge in [0, 0.05) is 33.1 Å². The van der Waals surface area contributed by atoms with Crippen LogP contribution in [0.15, 0.2) is 48.5 Å². The molecule has 0 bridgehead atoms. The van der Waals surface area contributed by atoms with Crippen molar-refractivity contribution >= 4 is 45.1 Å². The fraction of sp³-hybridized carbons (Fsp3) is 0.300. The van der Waals surface area contributed by atoms with E-state index < -0.39 is 0 Å². The molecule has 4 heteroatoms. The van der Waals surface area contributed by atoms with Crippen LogP contribution in [-0.4, -0.2) is 37.2 Å². The quantitative estimate of drug-likeness (QED) is 0.392. The van der Waals surface area contributed by atoms with Crippen molar-refractivity contribution in [3.63, 3.8) is 0 Å². The predicted octanol–water partition coefficient (Wildman–Crippen LogP) is 5.48. The molecular formula is C20H22O2S2. The molecule has 0 aromatic heterocycles. The lowest BCUT2D eigenvalue weighted by Gasteiger charge is -2.17. The molecule has 0 spiro atoms. The predicted molar refractivity (Wildman–Crippen MR) is 109 cm³/mol. The highest BCUT2D eigenvalue weighted by Crippen LogP contribution is 2.42. The third-order valence-corrected chi connectivity index (χ3v) is 5.05. The molecule has 24 heavy (non-hydrogen) atoms. The summed E-state index contributed by atoms with van der Waals surface area (Å²) in [5.74, 6) is 3.89. The van der Waals surface area contributed by atoms with Crippen LogP contribution in [0.2, 0.25) is 0 Å². The van der Waals surface area contributed by atoms with Crippen molar-refractivity contribution in [3.8, 4) is 11.5 Å². The second-order valence-electron chi connectivity index (χ2n) is 5.43. The minimum absolute atomic E-state index is 0.710. The highest BCUT2D eigenvalue weighted by molar-refractivity contribution is 7.98. The molecule has 0 radical (unpaired) electrons. The first-order chi connectivity index (χ1) is 11.9. The van der Waals surface area contributed by atoms with E-state index in [1.165, 1.54) is 0 Å². The largest absolute Gasteiger partial charge is 0.491 e. The summed E-state index contributed by atoms with van der Waals surface area (Å²) in [6.07, 6.45) is 4.20. The second-order valence-corrected chi connectivity index (χ2v) is 7.40. The zero-order chi connectivity index (χ0) is 16.8. The molecule has 0 aliphatic carbocycles. The van der Waals surface area contributed by atoms with Gasteiger partial charge in [0.05, 0.1) is 13.2 Å². The van der Waals surface area contributed by atoms with Gasteiger partial charge in [0.25, 0.3) is 0 Å². The topological polar surface area (TPSA) is 18.5 Å². The van der Waals surface area contributed by atoms with Gasteiger partial charge in [0.1, 0.15) is 11.5 Å². The van der Waals surface area contributed by atoms with Crippen LogP contribution in [0.4, 0.5) is 0 Å². The Hall–Kier alpha value is -1.52. The molecule has 0 aliphatic heterocycles. The molecular weight excluding hydrogens is 336 g/mol. The zero-order valence-electron chi connectivity index (χ0n) is 14.1. The maximum absolute atomic E-state index is 6.17. The van der Waals surface area contributed by atoms with Gasteiger partial charge >= 0.3 is 0 Å². The lowest BCUT2D eigenvalue weighted by Crippen LogP contribution is -2.04. The van der Waals surface area contributed by atoms with E-state index in [9.17, 15) is 0 Å². The molecule has 3 aromatic rings. The highest BCUT2D eigenvalue weighted by atomic mass is 32.2. The zero-order valence-corrected chi connectivity index (χ0v) is 15.7. The summed E-state index contributed by atoms with van der Waals surface area (Å²) in [4.78, 5) is 0. The summed E-state index contributed by atoms with van der Waals surface area (Å²) in [5.41, 5.74) is 0. The van der Waals surface area contributed by atoms with Crippen LogP contribution in [-0.2, 0) is 0 Å². The Morgan fingerprint density at radius 3 is 1.25 bits per heavy atom. The van der Waals surface area contributed by atoms with E-state index >= 15 is 0 Å². The first-order valence-corrected chi connectivity index (χ1v) is 10.8. The van der Waals surface area contributed by atoms with Crippen molar-refractivity contribution in [2.75, 3.05) is 37.2 Å². The molecule has 0 atom stereocenters. The van der Waals surface area contributed by atoms with Crippen LogP contribution in [0.3, 0.4) is 0 Å². The Kier molecular flexibility index (Phi) is 6.16. The molecule has 3 rings (SSSR count). The van der Waals surface area contributed by atoms with Gasteiger partial charge in [-0.25, -0.2) is 0 Å². The van der Waals surface area contributed by atoms with Crippen LogP contribution >= 0.6 is 23.5 Å². The summed E-state index contributed by atoms with van der Waals surface area (Å²) in [6.45, 7) is 1.42. The Morgan fingerprint density at radius 1 is 0.625 bits per heavy atom. The van der Waals surface area contributed by atoms with Crippen molar-refractivity contribution in [1.82, 2.24) is 0 Å². The lowest BCUT2D eigenvalue weighted by atomic mass is 10.0. The summed E-state index contributed by atoms with van der Waals surface area (Å²) in [7, 11) is 0. The summed E-state index contributed by atoms with van der Waals surface area (Å²) in [5, 5.41) is 4.49. The van der Waals surface area contributed by atoms with E-state index in [0.717, 1.165) is 44.5 Å². The number of hydrogen-bond acceptors (Lipinski definition) is 4. The number of rotatable bonds is 8. The summed E-state index contributed by atoms with van der Waals surface area (Å²) < 4.78 is 12.3. The van der Waals surface area contributed by atoms with Crippen molar-refractivity contribution in [2.24, 2.45) is 0 Å². The third kappa shape index (κ3) is 3.60. The smallest absolute Gasteiger partial charge is 0.135 e. The Balaban J connectivity index is 2.17. The number of thioether (sulfide) groups is 2. The normalized spacial score (nSPS) is 11.1. The Morgan fingerprint density at radius 2 is 0.958 bits per heavy atom. The van der Waals surface area contributed by atoms with Gasteiger partial charge in [-0.05, 0) is 12.5 Å². The summed E-state index contributed by atoms with van der Waals surface area (Å²) >= 11 is 3.59. The SMILES string of the molecule is CSCCOc1c2ccccc2c(OCCSC)c2ccccc12. The van der Waals surface area contributed by atoms with E-state index in [4.69, 9.17) is 9.47 Å². The van der Waals surface area contributed by atoms with Crippen molar-refractivity contribution in [3.05, 3.63) is 48.5 Å². The van der Waals surface area contributed by atoms with Crippen molar-refractivity contribution in [1.29, 1.82) is 0 Å². The monoisotopic (exact) mass is 358 g/mol. The van der Waals surface area contributed by atoms with E-state index in [2.05, 4.69) is 61.0 Å². The van der Waals surface area contributed by atoms with Crippen LogP contribution in [0.1, 0.15) is 0 Å². The Bertz CT molecular complexity index is 692. The molecule has 0 N–H and O–H groups in total. The third-order valence-electron chi connectivity index (χ3n) is 3.90. The molecule has 3 aromatic carbocycles. The van der Waals surface area contributed by atoms with Gasteiger partial charge in [0.15, 0.2) is 0 Å². The minimum Gasteiger partial charge on any atom is -0.491 e. The fourth-order valence-electron chi connectivity index (χ4n) is 2.81. The molecule has 0 amide bonds. The molecule has 0 heterocycles. The van der Waals surface area contributed by atoms with Crippen molar-refractivity contribution in [2.45, 2.75) is 0 Å². The van der Waals surface area contributed by atoms with Gasteiger partial charge < -0.3 is 9.47 Å². The van der Waals surface area contributed by atoms with Gasteiger partial charge in [-0.15, -0.1) is 0 Å². The van der Waals surface area contributed by atoms with Gasteiger partial charge in [-0.2, -0.15) is 23.5 Å². The minimum atomic E-state index is 0.710. The number of fused-ring (bicyclic) bond motifs is 2.